The van der Waals surface area contributed by atoms with Gasteiger partial charge in [-0.25, -0.2) is 4.39 Å². The number of hydrogen-bond acceptors (Lipinski definition) is 3. The molecule has 0 unspecified atom stereocenters. The molecule has 1 aromatic carbocycles. The van der Waals surface area contributed by atoms with E-state index in [2.05, 4.69) is 0 Å². The van der Waals surface area contributed by atoms with Crippen molar-refractivity contribution in [2.45, 2.75) is 32.4 Å². The number of nitrogens with zero attached hydrogens (tertiary/aromatic N) is 1. The lowest BCUT2D eigenvalue weighted by molar-refractivity contribution is 0.0733. The highest BCUT2D eigenvalue weighted by atomic mass is 32.1. The average molecular weight is 304 g/mol. The Kier molecular flexibility index (Phi) is 3.68. The van der Waals surface area contributed by atoms with Gasteiger partial charge < -0.3 is 10.6 Å². The fourth-order valence-electron chi connectivity index (χ4n) is 2.31. The van der Waals surface area contributed by atoms with Gasteiger partial charge in [0.05, 0.1) is 4.88 Å². The molecule has 21 heavy (non-hydrogen) atoms. The molecule has 1 aromatic heterocycles. The Labute approximate surface area is 127 Å². The number of anilines is 1. The number of carbonyl (C=O) groups excluding carboxylic acids is 1. The maximum atomic E-state index is 13.8. The summed E-state index contributed by atoms with van der Waals surface area (Å²) in [6.07, 6.45) is 1.97. The monoisotopic (exact) mass is 304 g/mol. The Bertz CT molecular complexity index is 659. The van der Waals surface area contributed by atoms with Gasteiger partial charge in [-0.15, -0.1) is 11.3 Å². The highest BCUT2D eigenvalue weighted by molar-refractivity contribution is 7.14. The van der Waals surface area contributed by atoms with E-state index in [9.17, 15) is 9.18 Å². The molecule has 1 heterocycles. The smallest absolute Gasteiger partial charge is 0.264 e. The molecule has 1 amide bonds. The number of benzene rings is 1. The number of nitrogens with two attached hydrogens (primary N) is 1. The molecule has 5 heteroatoms. The summed E-state index contributed by atoms with van der Waals surface area (Å²) < 4.78 is 13.8. The number of rotatable bonds is 4. The predicted molar refractivity (Wildman–Crippen MR) is 82.8 cm³/mol. The second-order valence-electron chi connectivity index (χ2n) is 5.38. The maximum absolute atomic E-state index is 13.8. The van der Waals surface area contributed by atoms with Gasteiger partial charge in [0.2, 0.25) is 0 Å². The van der Waals surface area contributed by atoms with E-state index in [4.69, 9.17) is 5.73 Å². The van der Waals surface area contributed by atoms with Crippen molar-refractivity contribution in [2.75, 3.05) is 5.73 Å². The summed E-state index contributed by atoms with van der Waals surface area (Å²) in [6, 6.07) is 8.55. The van der Waals surface area contributed by atoms with Crippen LogP contribution in [0, 0.1) is 12.7 Å². The number of halogens is 1. The Hall–Kier alpha value is -1.88. The van der Waals surface area contributed by atoms with Crippen LogP contribution in [-0.4, -0.2) is 16.8 Å². The minimum absolute atomic E-state index is 0.0504. The summed E-state index contributed by atoms with van der Waals surface area (Å²) in [5.41, 5.74) is 7.02. The molecule has 0 spiro atoms. The summed E-state index contributed by atoms with van der Waals surface area (Å²) in [5.74, 6) is -0.316. The number of aryl methyl sites for hydroxylation is 1. The van der Waals surface area contributed by atoms with Gasteiger partial charge in [-0.1, -0.05) is 18.2 Å². The number of nitrogen functional groups attached to an aromatic ring is 1. The lowest BCUT2D eigenvalue weighted by Gasteiger charge is -2.22. The summed E-state index contributed by atoms with van der Waals surface area (Å²) >= 11 is 1.40. The van der Waals surface area contributed by atoms with Crippen LogP contribution in [0.2, 0.25) is 0 Å². The third-order valence-electron chi connectivity index (χ3n) is 3.71. The first-order chi connectivity index (χ1) is 10.1. The molecule has 0 aliphatic heterocycles. The standard InChI is InChI=1S/C16H17FN2OS/c1-10-14(18)8-15(21-10)16(20)19(12-6-7-12)9-11-4-2-3-5-13(11)17/h2-5,8,12H,6-7,9,18H2,1H3. The van der Waals surface area contributed by atoms with Crippen LogP contribution in [0.15, 0.2) is 30.3 Å². The van der Waals surface area contributed by atoms with Crippen LogP contribution in [0.4, 0.5) is 10.1 Å². The van der Waals surface area contributed by atoms with Gasteiger partial charge in [0.1, 0.15) is 5.82 Å². The minimum Gasteiger partial charge on any atom is -0.398 e. The molecule has 1 aliphatic rings. The van der Waals surface area contributed by atoms with Gasteiger partial charge in [-0.05, 0) is 31.9 Å². The van der Waals surface area contributed by atoms with Crippen LogP contribution >= 0.6 is 11.3 Å². The van der Waals surface area contributed by atoms with E-state index in [0.29, 0.717) is 22.7 Å². The number of carbonyl (C=O) groups is 1. The van der Waals surface area contributed by atoms with Crippen LogP contribution < -0.4 is 5.73 Å². The number of thiophene rings is 1. The lowest BCUT2D eigenvalue weighted by Crippen LogP contribution is -2.32. The third kappa shape index (κ3) is 2.93. The second-order valence-corrected chi connectivity index (χ2v) is 6.63. The third-order valence-corrected chi connectivity index (χ3v) is 4.77. The molecule has 0 radical (unpaired) electrons. The van der Waals surface area contributed by atoms with Crippen LogP contribution in [-0.2, 0) is 6.54 Å². The molecule has 2 aromatic rings. The van der Waals surface area contributed by atoms with E-state index in [1.807, 2.05) is 6.92 Å². The number of amides is 1. The Balaban J connectivity index is 1.85. The van der Waals surface area contributed by atoms with E-state index in [-0.39, 0.29) is 17.8 Å². The topological polar surface area (TPSA) is 46.3 Å². The normalized spacial score (nSPS) is 14.2. The van der Waals surface area contributed by atoms with E-state index < -0.39 is 0 Å². The summed E-state index contributed by atoms with van der Waals surface area (Å²) in [4.78, 5) is 16.0. The second kappa shape index (κ2) is 5.48. The van der Waals surface area contributed by atoms with Crippen LogP contribution in [0.3, 0.4) is 0 Å². The maximum Gasteiger partial charge on any atom is 0.264 e. The minimum atomic E-state index is -0.266. The van der Waals surface area contributed by atoms with Crippen molar-refractivity contribution in [3.8, 4) is 0 Å². The van der Waals surface area contributed by atoms with Gasteiger partial charge in [-0.2, -0.15) is 0 Å². The van der Waals surface area contributed by atoms with Gasteiger partial charge in [-0.3, -0.25) is 4.79 Å². The fourth-order valence-corrected chi connectivity index (χ4v) is 3.20. The van der Waals surface area contributed by atoms with Gasteiger partial charge >= 0.3 is 0 Å². The largest absolute Gasteiger partial charge is 0.398 e. The number of hydrogen-bond donors (Lipinski definition) is 1. The zero-order valence-corrected chi connectivity index (χ0v) is 12.6. The molecule has 3 nitrogen and oxygen atoms in total. The van der Waals surface area contributed by atoms with E-state index in [1.54, 1.807) is 29.2 Å². The molecule has 1 saturated carbocycles. The Morgan fingerprint density at radius 3 is 2.71 bits per heavy atom. The fraction of sp³-hybridized carbons (Fsp3) is 0.312. The summed E-state index contributed by atoms with van der Waals surface area (Å²) in [7, 11) is 0. The quantitative estimate of drug-likeness (QED) is 0.938. The van der Waals surface area contributed by atoms with E-state index in [0.717, 1.165) is 17.7 Å². The first-order valence-electron chi connectivity index (χ1n) is 6.96. The molecule has 110 valence electrons. The average Bonchev–Trinajstić information content (AvgIpc) is 3.24. The molecular formula is C16H17FN2OS. The molecule has 0 saturated heterocycles. The Morgan fingerprint density at radius 2 is 2.14 bits per heavy atom. The molecule has 3 rings (SSSR count). The first-order valence-corrected chi connectivity index (χ1v) is 7.78. The lowest BCUT2D eigenvalue weighted by atomic mass is 10.2. The van der Waals surface area contributed by atoms with Gasteiger partial charge in [0, 0.05) is 28.7 Å². The predicted octanol–water partition coefficient (Wildman–Crippen LogP) is 3.58. The van der Waals surface area contributed by atoms with Crippen molar-refractivity contribution in [2.24, 2.45) is 0 Å². The zero-order chi connectivity index (χ0) is 15.0. The van der Waals surface area contributed by atoms with Crippen LogP contribution in [0.1, 0.15) is 33.0 Å². The molecule has 1 aliphatic carbocycles. The van der Waals surface area contributed by atoms with E-state index >= 15 is 0 Å². The summed E-state index contributed by atoms with van der Waals surface area (Å²) in [6.45, 7) is 2.21. The van der Waals surface area contributed by atoms with Gasteiger partial charge in [0.25, 0.3) is 5.91 Å². The van der Waals surface area contributed by atoms with Crippen LogP contribution in [0.5, 0.6) is 0 Å². The first kappa shape index (κ1) is 14.1. The van der Waals surface area contributed by atoms with Gasteiger partial charge in [0.15, 0.2) is 0 Å². The molecule has 1 fully saturated rings. The van der Waals surface area contributed by atoms with Crippen molar-refractivity contribution in [3.63, 3.8) is 0 Å². The molecule has 0 bridgehead atoms. The summed E-state index contributed by atoms with van der Waals surface area (Å²) in [5, 5.41) is 0. The van der Waals surface area contributed by atoms with Crippen molar-refractivity contribution in [1.82, 2.24) is 4.90 Å². The van der Waals surface area contributed by atoms with Crippen molar-refractivity contribution in [3.05, 3.63) is 51.5 Å². The molecule has 0 atom stereocenters. The van der Waals surface area contributed by atoms with Crippen molar-refractivity contribution in [1.29, 1.82) is 0 Å². The molecule has 2 N–H and O–H groups in total. The molecular weight excluding hydrogens is 287 g/mol. The highest BCUT2D eigenvalue weighted by Gasteiger charge is 2.34. The van der Waals surface area contributed by atoms with E-state index in [1.165, 1.54) is 17.4 Å². The van der Waals surface area contributed by atoms with Crippen molar-refractivity contribution < 1.29 is 9.18 Å². The Morgan fingerprint density at radius 1 is 1.43 bits per heavy atom. The van der Waals surface area contributed by atoms with Crippen molar-refractivity contribution >= 4 is 22.9 Å². The highest BCUT2D eigenvalue weighted by Crippen LogP contribution is 2.32. The zero-order valence-electron chi connectivity index (χ0n) is 11.8. The van der Waals surface area contributed by atoms with Crippen LogP contribution in [0.25, 0.3) is 0 Å². The SMILES string of the molecule is Cc1sc(C(=O)N(Cc2ccccc2F)C2CC2)cc1N.